The fourth-order valence-electron chi connectivity index (χ4n) is 12.4. The van der Waals surface area contributed by atoms with Crippen molar-refractivity contribution in [3.8, 4) is 45.9 Å². The number of thiophene rings is 2. The van der Waals surface area contributed by atoms with Crippen LogP contribution in [0.2, 0.25) is 0 Å². The first-order valence-electron chi connectivity index (χ1n) is 28.2. The van der Waals surface area contributed by atoms with E-state index in [9.17, 15) is 38.8 Å². The highest BCUT2D eigenvalue weighted by atomic mass is 32.2. The van der Waals surface area contributed by atoms with Crippen LogP contribution < -0.4 is 22.5 Å². The van der Waals surface area contributed by atoms with Crippen molar-refractivity contribution in [2.45, 2.75) is 111 Å². The summed E-state index contributed by atoms with van der Waals surface area (Å²) in [5.41, 5.74) is 22.6. The number of hydrogen-bond donors (Lipinski definition) is 4. The number of nitrogens with zero attached hydrogens (tertiary/aromatic N) is 4. The van der Waals surface area contributed by atoms with Crippen LogP contribution in [0.3, 0.4) is 0 Å². The summed E-state index contributed by atoms with van der Waals surface area (Å²) in [7, 11) is -9.04. The van der Waals surface area contributed by atoms with Crippen LogP contribution >= 0.6 is 46.2 Å². The molecule has 3 unspecified atom stereocenters. The molecule has 3 spiro atoms. The molecule has 6 aliphatic rings. The number of anilines is 1. The molecule has 0 radical (unpaired) electrons. The molecule has 9 heterocycles. The van der Waals surface area contributed by atoms with Crippen LogP contribution in [0.4, 0.5) is 14.5 Å². The number of hydrogen-bond acceptors (Lipinski definition) is 19. The summed E-state index contributed by atoms with van der Waals surface area (Å²) < 4.78 is 104. The van der Waals surface area contributed by atoms with Gasteiger partial charge in [0.1, 0.15) is 38.3 Å². The summed E-state index contributed by atoms with van der Waals surface area (Å²) in [5, 5.41) is 7.64. The maximum Gasteiger partial charge on any atom is 0.283 e. The number of nitrogens with two attached hydrogens (primary N) is 3. The van der Waals surface area contributed by atoms with Gasteiger partial charge in [0.15, 0.2) is 30.0 Å². The van der Waals surface area contributed by atoms with Crippen LogP contribution in [0.1, 0.15) is 116 Å². The predicted molar refractivity (Wildman–Crippen MR) is 353 cm³/mol. The molecule has 0 bridgehead atoms. The summed E-state index contributed by atoms with van der Waals surface area (Å²) in [4.78, 5) is 32.2. The number of amidine groups is 3. The van der Waals surface area contributed by atoms with Crippen molar-refractivity contribution in [3.63, 3.8) is 0 Å². The average molecular weight is 1330 g/mol. The molecule has 6 aliphatic heterocycles. The van der Waals surface area contributed by atoms with Crippen molar-refractivity contribution in [2.24, 2.45) is 32.2 Å². The molecule has 25 heteroatoms. The van der Waals surface area contributed by atoms with Gasteiger partial charge in [0.05, 0.1) is 56.5 Å². The van der Waals surface area contributed by atoms with E-state index in [1.807, 2.05) is 38.1 Å². The normalized spacial score (nSPS) is 24.6. The molecule has 88 heavy (non-hydrogen) atoms. The molecule has 7 N–H and O–H groups in total. The first-order valence-corrected chi connectivity index (χ1v) is 37.0. The molecule has 12 rings (SSSR count). The SMILES string of the molecule is CC#Cc1cccc(-c2csc(C3(C)CC4(CCS(=O)(=O)CC4)OC(N)=N3)c2)c1.CC#Cc1cccc(-c2csc(C3(C)CC4(CCS(=O)(=O)CC4)SC(N)=N3)c2)c1.CC1(c2cc(NC(=O)c3ccc(F)cn3)ccc2F)CC2(CS(=O)(=O)C2)SC(N)=N1. The van der Waals surface area contributed by atoms with Crippen LogP contribution in [-0.2, 0) is 50.9 Å². The maximum absolute atomic E-state index is 14.8. The highest BCUT2D eigenvalue weighted by molar-refractivity contribution is 8.17. The number of aromatic nitrogens is 1. The molecule has 3 atom stereocenters. The lowest BCUT2D eigenvalue weighted by Gasteiger charge is -2.47. The number of thioether (sulfide) groups is 2. The minimum absolute atomic E-state index is 0.00319. The number of carbonyl (C=O) groups excluding carboxylic acids is 1. The van der Waals surface area contributed by atoms with Gasteiger partial charge in [-0.05, 0) is 160 Å². The molecule has 0 aliphatic carbocycles. The third-order valence-corrected chi connectivity index (χ3v) is 26.9. The van der Waals surface area contributed by atoms with E-state index in [1.165, 1.54) is 36.0 Å². The van der Waals surface area contributed by atoms with Gasteiger partial charge < -0.3 is 27.3 Å². The second kappa shape index (κ2) is 24.7. The molecule has 462 valence electrons. The van der Waals surface area contributed by atoms with Crippen LogP contribution in [0, 0.1) is 35.3 Å². The van der Waals surface area contributed by atoms with Crippen molar-refractivity contribution in [3.05, 3.63) is 152 Å². The lowest BCUT2D eigenvalue weighted by Crippen LogP contribution is -2.58. The van der Waals surface area contributed by atoms with E-state index >= 15 is 0 Å². The number of benzene rings is 3. The molecule has 0 saturated carbocycles. The van der Waals surface area contributed by atoms with E-state index in [-0.39, 0.29) is 61.7 Å². The summed E-state index contributed by atoms with van der Waals surface area (Å²) in [6.45, 7) is 9.54. The highest BCUT2D eigenvalue weighted by Gasteiger charge is 2.56. The van der Waals surface area contributed by atoms with Gasteiger partial charge in [0.25, 0.3) is 11.9 Å². The first-order chi connectivity index (χ1) is 41.4. The van der Waals surface area contributed by atoms with Gasteiger partial charge >= 0.3 is 0 Å². The number of aliphatic imine (C=N–C) groups is 3. The third-order valence-electron chi connectivity index (χ3n) is 16.4. The van der Waals surface area contributed by atoms with Crippen molar-refractivity contribution in [1.29, 1.82) is 0 Å². The number of sulfone groups is 3. The molecule has 3 aromatic heterocycles. The molecular formula is C63H66F2N8O8S7. The minimum atomic E-state index is -3.13. The van der Waals surface area contributed by atoms with Crippen molar-refractivity contribution in [1.82, 2.24) is 4.98 Å². The van der Waals surface area contributed by atoms with E-state index < -0.39 is 74.0 Å². The Bertz CT molecular complexity index is 4100. The second-order valence-electron chi connectivity index (χ2n) is 23.7. The number of amides is 1. The zero-order valence-corrected chi connectivity index (χ0v) is 54.7. The Hall–Kier alpha value is -6.58. The summed E-state index contributed by atoms with van der Waals surface area (Å²) in [5.74, 6) is 11.1. The van der Waals surface area contributed by atoms with Crippen molar-refractivity contribution in [2.75, 3.05) is 39.8 Å². The zero-order valence-electron chi connectivity index (χ0n) is 49.0. The number of rotatable bonds is 7. The Morgan fingerprint density at radius 2 is 1.12 bits per heavy atom. The predicted octanol–water partition coefficient (Wildman–Crippen LogP) is 10.5. The van der Waals surface area contributed by atoms with Gasteiger partial charge in [0.2, 0.25) is 0 Å². The molecule has 6 aromatic rings. The van der Waals surface area contributed by atoms with E-state index in [2.05, 4.69) is 105 Å². The molecular weight excluding hydrogens is 1260 g/mol. The molecule has 3 fully saturated rings. The Balaban J connectivity index is 0.000000146. The standard InChI is InChI=1S/C22H24N2O3S2.C22H24N2O2S3.C19H18F2N4O3S2/c1-3-5-16-6-4-7-17(12-16)18-13-19(28-14-18)21(2)15-22(27-20(23)24-21)8-10-29(25,26)11-9-22;1-3-5-16-6-4-7-17(12-16)18-13-19(27-14-18)21(2)15-22(28-20(23)24-21)8-10-29(25,26)11-9-22;1-18(8-19(29-17(22)25-18)9-30(27,28)10-19)13-6-12(3-4-14(13)21)24-16(26)15-5-2-11(20)7-23-15/h2*4,6-7,12-14H,8-11,15H2,1-2H3,(H2,23,24);2-7H,8-10H2,1H3,(H2,22,25)(H,24,26). The van der Waals surface area contributed by atoms with Gasteiger partial charge in [-0.3, -0.25) is 14.8 Å². The van der Waals surface area contributed by atoms with Gasteiger partial charge in [-0.1, -0.05) is 59.6 Å². The number of carbonyl (C=O) groups is 1. The fraction of sp³-hybridized carbons (Fsp3) is 0.381. The largest absolute Gasteiger partial charge is 0.459 e. The number of ether oxygens (including phenoxy) is 1. The Kier molecular flexibility index (Phi) is 18.0. The van der Waals surface area contributed by atoms with E-state index in [1.54, 1.807) is 41.4 Å². The molecule has 16 nitrogen and oxygen atoms in total. The topological polar surface area (TPSA) is 269 Å². The summed E-state index contributed by atoms with van der Waals surface area (Å²) in [6.07, 6.45) is 4.84. The average Bonchev–Trinajstić information content (AvgIpc) is 0.794. The Labute approximate surface area is 529 Å². The molecule has 1 amide bonds. The van der Waals surface area contributed by atoms with E-state index in [0.29, 0.717) is 49.4 Å². The van der Waals surface area contributed by atoms with E-state index in [4.69, 9.17) is 26.9 Å². The highest BCUT2D eigenvalue weighted by Crippen LogP contribution is 2.54. The summed E-state index contributed by atoms with van der Waals surface area (Å²) in [6, 6.07) is 27.3. The fourth-order valence-corrected chi connectivity index (χ4v) is 23.7. The molecule has 3 aromatic carbocycles. The van der Waals surface area contributed by atoms with Gasteiger partial charge in [0, 0.05) is 56.1 Å². The lowest BCUT2D eigenvalue weighted by atomic mass is 9.80. The zero-order chi connectivity index (χ0) is 63.1. The van der Waals surface area contributed by atoms with Crippen LogP contribution in [0.15, 0.2) is 123 Å². The smallest absolute Gasteiger partial charge is 0.283 e. The van der Waals surface area contributed by atoms with Crippen molar-refractivity contribution < 1.29 is 43.6 Å². The molecule has 3 saturated heterocycles. The van der Waals surface area contributed by atoms with Crippen LogP contribution in [-0.4, -0.2) is 102 Å². The van der Waals surface area contributed by atoms with Gasteiger partial charge in [-0.25, -0.2) is 44.0 Å². The monoisotopic (exact) mass is 1320 g/mol. The summed E-state index contributed by atoms with van der Waals surface area (Å²) >= 11 is 6.12. The third kappa shape index (κ3) is 14.7. The second-order valence-corrected chi connectivity index (χ2v) is 35.2. The van der Waals surface area contributed by atoms with E-state index in [0.717, 1.165) is 61.8 Å². The number of pyridine rings is 1. The number of nitrogens with one attached hydrogen (secondary N) is 1. The van der Waals surface area contributed by atoms with Crippen LogP contribution in [0.5, 0.6) is 0 Å². The van der Waals surface area contributed by atoms with Gasteiger partial charge in [-0.2, -0.15) is 0 Å². The first kappa shape index (κ1) is 64.4. The van der Waals surface area contributed by atoms with Crippen LogP contribution in [0.25, 0.3) is 22.3 Å². The van der Waals surface area contributed by atoms with Crippen molar-refractivity contribution >= 4 is 104 Å². The Morgan fingerprint density at radius 1 is 0.602 bits per heavy atom. The van der Waals surface area contributed by atoms with Gasteiger partial charge in [-0.15, -0.1) is 34.5 Å². The number of halogens is 2. The Morgan fingerprint density at radius 3 is 1.66 bits per heavy atom. The maximum atomic E-state index is 14.8. The quantitative estimate of drug-likeness (QED) is 0.108. The minimum Gasteiger partial charge on any atom is -0.459 e. The lowest BCUT2D eigenvalue weighted by molar-refractivity contribution is -0.00272.